The predicted molar refractivity (Wildman–Crippen MR) is 99.0 cm³/mol. The SMILES string of the molecule is CCOc1cccc(CNCC(C)O)c1OCc1ccccc1.Cl. The van der Waals surface area contributed by atoms with Crippen molar-refractivity contribution in [2.45, 2.75) is 33.1 Å². The van der Waals surface area contributed by atoms with E-state index < -0.39 is 0 Å². The van der Waals surface area contributed by atoms with Crippen molar-refractivity contribution < 1.29 is 14.6 Å². The van der Waals surface area contributed by atoms with Gasteiger partial charge in [-0.2, -0.15) is 0 Å². The number of benzene rings is 2. The first-order valence-corrected chi connectivity index (χ1v) is 8.01. The van der Waals surface area contributed by atoms with Crippen LogP contribution >= 0.6 is 12.4 Å². The first-order valence-electron chi connectivity index (χ1n) is 8.01. The average Bonchev–Trinajstić information content (AvgIpc) is 2.55. The van der Waals surface area contributed by atoms with Gasteiger partial charge >= 0.3 is 0 Å². The van der Waals surface area contributed by atoms with Crippen LogP contribution < -0.4 is 14.8 Å². The van der Waals surface area contributed by atoms with E-state index in [1.807, 2.05) is 55.5 Å². The van der Waals surface area contributed by atoms with E-state index in [4.69, 9.17) is 9.47 Å². The third kappa shape index (κ3) is 6.40. The van der Waals surface area contributed by atoms with Crippen LogP contribution in [0.1, 0.15) is 25.0 Å². The Labute approximate surface area is 150 Å². The zero-order valence-corrected chi connectivity index (χ0v) is 15.0. The Morgan fingerprint density at radius 3 is 2.46 bits per heavy atom. The van der Waals surface area contributed by atoms with Crippen LogP contribution in [0.3, 0.4) is 0 Å². The lowest BCUT2D eigenvalue weighted by atomic mass is 10.1. The fraction of sp³-hybridized carbons (Fsp3) is 0.368. The number of ether oxygens (including phenoxy) is 2. The summed E-state index contributed by atoms with van der Waals surface area (Å²) in [6.07, 6.45) is -0.376. The van der Waals surface area contributed by atoms with Crippen molar-refractivity contribution in [2.75, 3.05) is 13.2 Å². The molecule has 2 rings (SSSR count). The summed E-state index contributed by atoms with van der Waals surface area (Å²) in [5.41, 5.74) is 2.13. The Morgan fingerprint density at radius 1 is 1.04 bits per heavy atom. The van der Waals surface area contributed by atoms with Crippen molar-refractivity contribution in [1.29, 1.82) is 0 Å². The van der Waals surface area contributed by atoms with Gasteiger partial charge < -0.3 is 19.9 Å². The highest BCUT2D eigenvalue weighted by Crippen LogP contribution is 2.32. The van der Waals surface area contributed by atoms with Gasteiger partial charge in [0.1, 0.15) is 6.61 Å². The second-order valence-corrected chi connectivity index (χ2v) is 5.43. The summed E-state index contributed by atoms with van der Waals surface area (Å²) < 4.78 is 11.7. The minimum absolute atomic E-state index is 0. The van der Waals surface area contributed by atoms with Crippen molar-refractivity contribution >= 4 is 12.4 Å². The van der Waals surface area contributed by atoms with Gasteiger partial charge in [-0.1, -0.05) is 42.5 Å². The molecule has 24 heavy (non-hydrogen) atoms. The maximum Gasteiger partial charge on any atom is 0.166 e. The van der Waals surface area contributed by atoms with Gasteiger partial charge in [-0.05, 0) is 25.5 Å². The predicted octanol–water partition coefficient (Wildman–Crippen LogP) is 3.56. The van der Waals surface area contributed by atoms with E-state index in [1.54, 1.807) is 6.92 Å². The normalized spacial score (nSPS) is 11.5. The van der Waals surface area contributed by atoms with Crippen LogP contribution in [0.4, 0.5) is 0 Å². The van der Waals surface area contributed by atoms with Crippen molar-refractivity contribution in [3.05, 3.63) is 59.7 Å². The lowest BCUT2D eigenvalue weighted by Gasteiger charge is -2.17. The molecule has 0 bridgehead atoms. The second kappa shape index (κ2) is 10.9. The van der Waals surface area contributed by atoms with Crippen LogP contribution in [0.5, 0.6) is 11.5 Å². The van der Waals surface area contributed by atoms with E-state index >= 15 is 0 Å². The lowest BCUT2D eigenvalue weighted by molar-refractivity contribution is 0.190. The molecule has 0 saturated carbocycles. The number of nitrogens with one attached hydrogen (secondary N) is 1. The molecule has 2 aromatic carbocycles. The van der Waals surface area contributed by atoms with Gasteiger partial charge in [-0.15, -0.1) is 12.4 Å². The van der Waals surface area contributed by atoms with Gasteiger partial charge in [0.2, 0.25) is 0 Å². The number of hydrogen-bond acceptors (Lipinski definition) is 4. The molecule has 0 aromatic heterocycles. The molecule has 5 heteroatoms. The number of rotatable bonds is 9. The van der Waals surface area contributed by atoms with Crippen LogP contribution in [-0.2, 0) is 13.2 Å². The molecular weight excluding hydrogens is 326 g/mol. The van der Waals surface area contributed by atoms with E-state index in [2.05, 4.69) is 5.32 Å². The van der Waals surface area contributed by atoms with Crippen molar-refractivity contribution in [3.8, 4) is 11.5 Å². The molecule has 0 aliphatic heterocycles. The summed E-state index contributed by atoms with van der Waals surface area (Å²) in [4.78, 5) is 0. The van der Waals surface area contributed by atoms with Crippen LogP contribution in [0.2, 0.25) is 0 Å². The third-order valence-corrected chi connectivity index (χ3v) is 3.34. The molecule has 1 unspecified atom stereocenters. The summed E-state index contributed by atoms with van der Waals surface area (Å²) in [5, 5.41) is 12.6. The molecule has 4 nitrogen and oxygen atoms in total. The number of para-hydroxylation sites is 1. The monoisotopic (exact) mass is 351 g/mol. The molecule has 0 spiro atoms. The van der Waals surface area contributed by atoms with Crippen LogP contribution in [-0.4, -0.2) is 24.4 Å². The van der Waals surface area contributed by atoms with E-state index in [-0.39, 0.29) is 18.5 Å². The summed E-state index contributed by atoms with van der Waals surface area (Å²) in [5.74, 6) is 1.51. The van der Waals surface area contributed by atoms with E-state index in [9.17, 15) is 5.11 Å². The lowest BCUT2D eigenvalue weighted by Crippen LogP contribution is -2.24. The largest absolute Gasteiger partial charge is 0.490 e. The molecule has 1 atom stereocenters. The van der Waals surface area contributed by atoms with E-state index in [1.165, 1.54) is 0 Å². The second-order valence-electron chi connectivity index (χ2n) is 5.43. The molecule has 132 valence electrons. The molecule has 0 heterocycles. The first-order chi connectivity index (χ1) is 11.2. The maximum absolute atomic E-state index is 9.37. The number of aliphatic hydroxyl groups is 1. The molecule has 0 amide bonds. The Bertz CT molecular complexity index is 590. The number of aliphatic hydroxyl groups excluding tert-OH is 1. The Morgan fingerprint density at radius 2 is 1.79 bits per heavy atom. The summed E-state index contributed by atoms with van der Waals surface area (Å²) in [6, 6.07) is 15.9. The summed E-state index contributed by atoms with van der Waals surface area (Å²) in [6.45, 7) is 5.96. The quantitative estimate of drug-likeness (QED) is 0.725. The maximum atomic E-state index is 9.37. The zero-order chi connectivity index (χ0) is 16.5. The summed E-state index contributed by atoms with van der Waals surface area (Å²) >= 11 is 0. The fourth-order valence-corrected chi connectivity index (χ4v) is 2.28. The Hall–Kier alpha value is -1.75. The highest BCUT2D eigenvalue weighted by atomic mass is 35.5. The van der Waals surface area contributed by atoms with Crippen molar-refractivity contribution in [2.24, 2.45) is 0 Å². The third-order valence-electron chi connectivity index (χ3n) is 3.34. The fourth-order valence-electron chi connectivity index (χ4n) is 2.28. The molecule has 0 radical (unpaired) electrons. The Kier molecular flexibility index (Phi) is 9.23. The van der Waals surface area contributed by atoms with Gasteiger partial charge in [0.25, 0.3) is 0 Å². The molecule has 0 aliphatic rings. The van der Waals surface area contributed by atoms with Gasteiger partial charge in [-0.3, -0.25) is 0 Å². The van der Waals surface area contributed by atoms with Crippen LogP contribution in [0, 0.1) is 0 Å². The minimum atomic E-state index is -0.376. The van der Waals surface area contributed by atoms with E-state index in [0.717, 1.165) is 22.6 Å². The molecular formula is C19H26ClNO3. The Balaban J connectivity index is 0.00000288. The topological polar surface area (TPSA) is 50.7 Å². The minimum Gasteiger partial charge on any atom is -0.490 e. The first kappa shape index (κ1) is 20.3. The van der Waals surface area contributed by atoms with Gasteiger partial charge in [0, 0.05) is 18.7 Å². The van der Waals surface area contributed by atoms with Crippen LogP contribution in [0.15, 0.2) is 48.5 Å². The number of halogens is 1. The smallest absolute Gasteiger partial charge is 0.166 e. The van der Waals surface area contributed by atoms with E-state index in [0.29, 0.717) is 26.3 Å². The molecule has 2 N–H and O–H groups in total. The highest BCUT2D eigenvalue weighted by molar-refractivity contribution is 5.85. The van der Waals surface area contributed by atoms with Crippen LogP contribution in [0.25, 0.3) is 0 Å². The molecule has 0 saturated heterocycles. The van der Waals surface area contributed by atoms with Gasteiger partial charge in [0.05, 0.1) is 12.7 Å². The van der Waals surface area contributed by atoms with Crippen molar-refractivity contribution in [3.63, 3.8) is 0 Å². The highest BCUT2D eigenvalue weighted by Gasteiger charge is 2.11. The standard InChI is InChI=1S/C19H25NO3.ClH/c1-3-22-18-11-7-10-17(13-20-12-15(2)21)19(18)23-14-16-8-5-4-6-9-16;/h4-11,15,20-21H,3,12-14H2,1-2H3;1H. The summed E-state index contributed by atoms with van der Waals surface area (Å²) in [7, 11) is 0. The van der Waals surface area contributed by atoms with Crippen molar-refractivity contribution in [1.82, 2.24) is 5.32 Å². The van der Waals surface area contributed by atoms with Gasteiger partial charge in [0.15, 0.2) is 11.5 Å². The zero-order valence-electron chi connectivity index (χ0n) is 14.2. The molecule has 2 aromatic rings. The number of hydrogen-bond donors (Lipinski definition) is 2. The average molecular weight is 352 g/mol. The van der Waals surface area contributed by atoms with Gasteiger partial charge in [-0.25, -0.2) is 0 Å². The molecule has 0 fully saturated rings. The molecule has 0 aliphatic carbocycles.